The molecule has 1 fully saturated rings. The molecule has 28 heavy (non-hydrogen) atoms. The van der Waals surface area contributed by atoms with Gasteiger partial charge in [0.25, 0.3) is 5.91 Å². The fraction of sp³-hybridized carbons (Fsp3) is 0.304. The van der Waals surface area contributed by atoms with E-state index >= 15 is 0 Å². The standard InChI is InChI=1S/C23H22N2O3/c26-22(19-16-21(28-24-19)17-6-2-1-3-7-17)25-14-12-23(13-15-25)11-10-18-8-4-5-9-20(18)27-23/h1-9,16H,10-15H2. The molecule has 0 atom stereocenters. The highest BCUT2D eigenvalue weighted by atomic mass is 16.5. The van der Waals surface area contributed by atoms with Crippen LogP contribution in [0.3, 0.4) is 0 Å². The van der Waals surface area contributed by atoms with Crippen LogP contribution < -0.4 is 4.74 Å². The first-order chi connectivity index (χ1) is 13.7. The molecule has 2 aliphatic rings. The molecule has 1 aromatic heterocycles. The van der Waals surface area contributed by atoms with Crippen molar-refractivity contribution < 1.29 is 14.1 Å². The number of hydrogen-bond acceptors (Lipinski definition) is 4. The summed E-state index contributed by atoms with van der Waals surface area (Å²) >= 11 is 0. The van der Waals surface area contributed by atoms with Crippen molar-refractivity contribution in [1.82, 2.24) is 10.1 Å². The summed E-state index contributed by atoms with van der Waals surface area (Å²) in [7, 11) is 0. The lowest BCUT2D eigenvalue weighted by Gasteiger charge is -2.44. The van der Waals surface area contributed by atoms with E-state index in [4.69, 9.17) is 9.26 Å². The van der Waals surface area contributed by atoms with E-state index in [1.54, 1.807) is 6.07 Å². The zero-order valence-electron chi connectivity index (χ0n) is 15.6. The third-order valence-electron chi connectivity index (χ3n) is 5.90. The Balaban J connectivity index is 1.26. The first-order valence-electron chi connectivity index (χ1n) is 9.81. The van der Waals surface area contributed by atoms with Crippen LogP contribution in [0, 0.1) is 0 Å². The van der Waals surface area contributed by atoms with Gasteiger partial charge in [0.1, 0.15) is 11.4 Å². The molecule has 0 aliphatic carbocycles. The minimum atomic E-state index is -0.149. The summed E-state index contributed by atoms with van der Waals surface area (Å²) in [6, 6.07) is 19.7. The summed E-state index contributed by atoms with van der Waals surface area (Å²) in [5, 5.41) is 4.00. The Morgan fingerprint density at radius 2 is 1.71 bits per heavy atom. The van der Waals surface area contributed by atoms with Gasteiger partial charge in [-0.15, -0.1) is 0 Å². The summed E-state index contributed by atoms with van der Waals surface area (Å²) in [6.07, 6.45) is 3.73. The Bertz CT molecular complexity index is 988. The number of fused-ring (bicyclic) bond motifs is 1. The molecule has 2 aliphatic heterocycles. The van der Waals surface area contributed by atoms with Crippen molar-refractivity contribution in [2.75, 3.05) is 13.1 Å². The van der Waals surface area contributed by atoms with Gasteiger partial charge in [-0.25, -0.2) is 0 Å². The van der Waals surface area contributed by atoms with Crippen LogP contribution in [0.4, 0.5) is 0 Å². The Hall–Kier alpha value is -3.08. The van der Waals surface area contributed by atoms with Crippen molar-refractivity contribution in [1.29, 1.82) is 0 Å². The molecule has 2 aromatic carbocycles. The van der Waals surface area contributed by atoms with Crippen LogP contribution in [0.1, 0.15) is 35.3 Å². The smallest absolute Gasteiger partial charge is 0.276 e. The van der Waals surface area contributed by atoms with Crippen molar-refractivity contribution >= 4 is 5.91 Å². The fourth-order valence-corrected chi connectivity index (χ4v) is 4.20. The number of hydrogen-bond donors (Lipinski definition) is 0. The highest BCUT2D eigenvalue weighted by Crippen LogP contribution is 2.39. The van der Waals surface area contributed by atoms with Crippen LogP contribution in [-0.2, 0) is 6.42 Å². The van der Waals surface area contributed by atoms with Gasteiger partial charge >= 0.3 is 0 Å². The monoisotopic (exact) mass is 374 g/mol. The number of aromatic nitrogens is 1. The van der Waals surface area contributed by atoms with Gasteiger partial charge in [0.15, 0.2) is 11.5 Å². The number of ether oxygens (including phenoxy) is 1. The van der Waals surface area contributed by atoms with Gasteiger partial charge in [-0.3, -0.25) is 4.79 Å². The summed E-state index contributed by atoms with van der Waals surface area (Å²) in [4.78, 5) is 14.7. The van der Waals surface area contributed by atoms with E-state index in [0.29, 0.717) is 24.5 Å². The number of amides is 1. The van der Waals surface area contributed by atoms with Crippen LogP contribution in [0.5, 0.6) is 5.75 Å². The van der Waals surface area contributed by atoms with Gasteiger partial charge in [0.05, 0.1) is 0 Å². The van der Waals surface area contributed by atoms with E-state index in [0.717, 1.165) is 37.0 Å². The summed E-state index contributed by atoms with van der Waals surface area (Å²) < 4.78 is 11.8. The van der Waals surface area contributed by atoms with Crippen LogP contribution in [0.2, 0.25) is 0 Å². The van der Waals surface area contributed by atoms with Crippen molar-refractivity contribution in [2.45, 2.75) is 31.3 Å². The molecule has 0 bridgehead atoms. The molecule has 5 nitrogen and oxygen atoms in total. The Labute approximate surface area is 163 Å². The normalized spacial score (nSPS) is 17.8. The van der Waals surface area contributed by atoms with Gasteiger partial charge in [-0.2, -0.15) is 0 Å². The molecule has 3 heterocycles. The number of likely N-dealkylation sites (tertiary alicyclic amines) is 1. The maximum atomic E-state index is 12.9. The lowest BCUT2D eigenvalue weighted by Crippen LogP contribution is -2.51. The molecule has 142 valence electrons. The third-order valence-corrected chi connectivity index (χ3v) is 5.90. The van der Waals surface area contributed by atoms with Crippen molar-refractivity contribution in [3.8, 4) is 17.1 Å². The van der Waals surface area contributed by atoms with E-state index < -0.39 is 0 Å². The highest BCUT2D eigenvalue weighted by Gasteiger charge is 2.40. The predicted octanol–water partition coefficient (Wildman–Crippen LogP) is 4.34. The van der Waals surface area contributed by atoms with Gasteiger partial charge in [-0.05, 0) is 24.5 Å². The fourth-order valence-electron chi connectivity index (χ4n) is 4.20. The van der Waals surface area contributed by atoms with Crippen molar-refractivity contribution in [3.05, 3.63) is 71.9 Å². The number of nitrogens with zero attached hydrogens (tertiary/aromatic N) is 2. The molecular formula is C23H22N2O3. The molecule has 0 saturated carbocycles. The Morgan fingerprint density at radius 1 is 0.964 bits per heavy atom. The maximum Gasteiger partial charge on any atom is 0.276 e. The maximum absolute atomic E-state index is 12.9. The van der Waals surface area contributed by atoms with E-state index in [1.165, 1.54) is 5.56 Å². The average molecular weight is 374 g/mol. The van der Waals surface area contributed by atoms with E-state index in [1.807, 2.05) is 47.4 Å². The molecule has 0 radical (unpaired) electrons. The second-order valence-corrected chi connectivity index (χ2v) is 7.63. The lowest BCUT2D eigenvalue weighted by molar-refractivity contribution is -0.0109. The van der Waals surface area contributed by atoms with Gasteiger partial charge < -0.3 is 14.2 Å². The van der Waals surface area contributed by atoms with Crippen LogP contribution >= 0.6 is 0 Å². The van der Waals surface area contributed by atoms with Crippen LogP contribution in [0.25, 0.3) is 11.3 Å². The van der Waals surface area contributed by atoms with Crippen LogP contribution in [0.15, 0.2) is 65.2 Å². The first kappa shape index (κ1) is 17.0. The highest BCUT2D eigenvalue weighted by molar-refractivity contribution is 5.93. The van der Waals surface area contributed by atoms with Gasteiger partial charge in [0.2, 0.25) is 0 Å². The van der Waals surface area contributed by atoms with E-state index in [9.17, 15) is 4.79 Å². The first-order valence-corrected chi connectivity index (χ1v) is 9.81. The van der Waals surface area contributed by atoms with Gasteiger partial charge in [0, 0.05) is 37.6 Å². The predicted molar refractivity (Wildman–Crippen MR) is 105 cm³/mol. The minimum Gasteiger partial charge on any atom is -0.487 e. The second kappa shape index (κ2) is 6.82. The third kappa shape index (κ3) is 3.07. The number of benzene rings is 2. The molecule has 1 spiro atoms. The molecule has 1 saturated heterocycles. The number of aryl methyl sites for hydroxylation is 1. The number of carbonyl (C=O) groups excluding carboxylic acids is 1. The number of rotatable bonds is 2. The molecule has 1 amide bonds. The zero-order valence-corrected chi connectivity index (χ0v) is 15.6. The summed E-state index contributed by atoms with van der Waals surface area (Å²) in [5.74, 6) is 1.54. The van der Waals surface area contributed by atoms with E-state index in [-0.39, 0.29) is 11.5 Å². The molecule has 0 unspecified atom stereocenters. The summed E-state index contributed by atoms with van der Waals surface area (Å²) in [6.45, 7) is 1.35. The molecule has 5 heteroatoms. The Morgan fingerprint density at radius 3 is 2.54 bits per heavy atom. The zero-order chi connectivity index (χ0) is 19.0. The largest absolute Gasteiger partial charge is 0.487 e. The lowest BCUT2D eigenvalue weighted by atomic mass is 9.83. The SMILES string of the molecule is O=C(c1cc(-c2ccccc2)on1)N1CCC2(CCc3ccccc3O2)CC1. The average Bonchev–Trinajstić information content (AvgIpc) is 3.25. The summed E-state index contributed by atoms with van der Waals surface area (Å²) in [5.41, 5.74) is 2.41. The number of para-hydroxylation sites is 1. The van der Waals surface area contributed by atoms with E-state index in [2.05, 4.69) is 17.3 Å². The molecular weight excluding hydrogens is 352 g/mol. The van der Waals surface area contributed by atoms with Crippen molar-refractivity contribution in [3.63, 3.8) is 0 Å². The Kier molecular flexibility index (Phi) is 4.15. The molecule has 3 aromatic rings. The second-order valence-electron chi connectivity index (χ2n) is 7.63. The number of carbonyl (C=O) groups is 1. The quantitative estimate of drug-likeness (QED) is 0.669. The molecule has 5 rings (SSSR count). The van der Waals surface area contributed by atoms with Gasteiger partial charge in [-0.1, -0.05) is 53.7 Å². The minimum absolute atomic E-state index is 0.0722. The number of piperidine rings is 1. The molecule has 0 N–H and O–H groups in total. The van der Waals surface area contributed by atoms with Crippen molar-refractivity contribution in [2.24, 2.45) is 0 Å². The topological polar surface area (TPSA) is 55.6 Å². The van der Waals surface area contributed by atoms with Crippen LogP contribution in [-0.4, -0.2) is 34.7 Å².